The van der Waals surface area contributed by atoms with Crippen LogP contribution in [0.3, 0.4) is 0 Å². The van der Waals surface area contributed by atoms with Crippen LogP contribution in [0.4, 0.5) is 0 Å². The zero-order valence-electron chi connectivity index (χ0n) is 8.02. The Labute approximate surface area is 73.3 Å². The van der Waals surface area contributed by atoms with Crippen molar-refractivity contribution < 1.29 is 9.53 Å². The van der Waals surface area contributed by atoms with Gasteiger partial charge in [0.25, 0.3) is 0 Å². The van der Waals surface area contributed by atoms with Crippen LogP contribution in [0.2, 0.25) is 0 Å². The molecule has 0 aliphatic heterocycles. The number of ether oxygens (including phenoxy) is 1. The van der Waals surface area contributed by atoms with Gasteiger partial charge in [0.15, 0.2) is 5.78 Å². The molecule has 2 nitrogen and oxygen atoms in total. The fourth-order valence-electron chi connectivity index (χ4n) is 2.62. The maximum absolute atomic E-state index is 11.6. The molecule has 0 N–H and O–H groups in total. The fraction of sp³-hybridized carbons (Fsp3) is 0.900. The molecule has 2 aliphatic carbocycles. The van der Waals surface area contributed by atoms with Crippen LogP contribution >= 0.6 is 0 Å². The van der Waals surface area contributed by atoms with E-state index in [9.17, 15) is 4.79 Å². The molecule has 0 unspecified atom stereocenters. The monoisotopic (exact) mass is 168 g/mol. The standard InChI is InChI=1S/C10H16O2/c1-9(2)5-4-8(11)10(12-3)6-7(9)10/h7H,4-6H2,1-3H3/t7-,10+/m1/s1. The highest BCUT2D eigenvalue weighted by atomic mass is 16.5. The van der Waals surface area contributed by atoms with Gasteiger partial charge in [0, 0.05) is 19.4 Å². The molecule has 2 heteroatoms. The second-order valence-corrected chi connectivity index (χ2v) is 4.76. The van der Waals surface area contributed by atoms with Gasteiger partial charge in [-0.05, 0) is 18.3 Å². The van der Waals surface area contributed by atoms with Crippen molar-refractivity contribution >= 4 is 5.78 Å². The van der Waals surface area contributed by atoms with Crippen molar-refractivity contribution in [1.82, 2.24) is 0 Å². The predicted octanol–water partition coefficient (Wildman–Crippen LogP) is 1.78. The van der Waals surface area contributed by atoms with E-state index in [4.69, 9.17) is 4.74 Å². The van der Waals surface area contributed by atoms with Crippen LogP contribution in [0, 0.1) is 11.3 Å². The second kappa shape index (κ2) is 2.11. The summed E-state index contributed by atoms with van der Waals surface area (Å²) in [5, 5.41) is 0. The minimum atomic E-state index is -0.359. The van der Waals surface area contributed by atoms with Crippen molar-refractivity contribution in [3.05, 3.63) is 0 Å². The van der Waals surface area contributed by atoms with Gasteiger partial charge in [0.05, 0.1) is 0 Å². The van der Waals surface area contributed by atoms with E-state index in [1.54, 1.807) is 7.11 Å². The van der Waals surface area contributed by atoms with Crippen LogP contribution in [0.15, 0.2) is 0 Å². The van der Waals surface area contributed by atoms with Gasteiger partial charge >= 0.3 is 0 Å². The lowest BCUT2D eigenvalue weighted by molar-refractivity contribution is -0.137. The van der Waals surface area contributed by atoms with Crippen molar-refractivity contribution in [3.63, 3.8) is 0 Å². The Morgan fingerprint density at radius 1 is 1.50 bits per heavy atom. The molecule has 0 spiro atoms. The first kappa shape index (κ1) is 8.24. The minimum Gasteiger partial charge on any atom is -0.370 e. The third-order valence-corrected chi connectivity index (χ3v) is 3.69. The average Bonchev–Trinajstić information content (AvgIpc) is 2.75. The number of Topliss-reactive ketones (excluding diaryl/α,β-unsaturated/α-hetero) is 1. The summed E-state index contributed by atoms with van der Waals surface area (Å²) in [6.07, 6.45) is 2.69. The molecule has 0 heterocycles. The largest absolute Gasteiger partial charge is 0.370 e. The van der Waals surface area contributed by atoms with Crippen molar-refractivity contribution in [1.29, 1.82) is 0 Å². The van der Waals surface area contributed by atoms with Crippen LogP contribution in [0.5, 0.6) is 0 Å². The third-order valence-electron chi connectivity index (χ3n) is 3.69. The van der Waals surface area contributed by atoms with Crippen molar-refractivity contribution in [2.45, 2.75) is 38.7 Å². The summed E-state index contributed by atoms with van der Waals surface area (Å²) in [6.45, 7) is 4.48. The Hall–Kier alpha value is -0.370. The van der Waals surface area contributed by atoms with Crippen LogP contribution < -0.4 is 0 Å². The van der Waals surface area contributed by atoms with Gasteiger partial charge in [-0.1, -0.05) is 13.8 Å². The van der Waals surface area contributed by atoms with Crippen molar-refractivity contribution in [2.24, 2.45) is 11.3 Å². The van der Waals surface area contributed by atoms with Crippen LogP contribution in [-0.4, -0.2) is 18.5 Å². The molecular formula is C10H16O2. The van der Waals surface area contributed by atoms with Crippen LogP contribution in [0.1, 0.15) is 33.1 Å². The van der Waals surface area contributed by atoms with Gasteiger partial charge < -0.3 is 4.74 Å². The van der Waals surface area contributed by atoms with Crippen molar-refractivity contribution in [2.75, 3.05) is 7.11 Å². The number of fused-ring (bicyclic) bond motifs is 1. The summed E-state index contributed by atoms with van der Waals surface area (Å²) in [4.78, 5) is 11.6. The van der Waals surface area contributed by atoms with E-state index < -0.39 is 0 Å². The zero-order valence-corrected chi connectivity index (χ0v) is 8.02. The number of carbonyl (C=O) groups excluding carboxylic acids is 1. The number of carbonyl (C=O) groups is 1. The molecule has 0 radical (unpaired) electrons. The molecule has 2 atom stereocenters. The maximum atomic E-state index is 11.6. The van der Waals surface area contributed by atoms with E-state index in [-0.39, 0.29) is 5.60 Å². The number of hydrogen-bond acceptors (Lipinski definition) is 2. The highest BCUT2D eigenvalue weighted by Crippen LogP contribution is 2.61. The topological polar surface area (TPSA) is 26.3 Å². The predicted molar refractivity (Wildman–Crippen MR) is 45.9 cm³/mol. The van der Waals surface area contributed by atoms with E-state index in [0.29, 0.717) is 23.5 Å². The van der Waals surface area contributed by atoms with Gasteiger partial charge in [-0.15, -0.1) is 0 Å². The first-order valence-electron chi connectivity index (χ1n) is 4.61. The SMILES string of the molecule is CO[C@@]12C[C@@H]1C(C)(C)CCC2=O. The van der Waals surface area contributed by atoms with Crippen LogP contribution in [-0.2, 0) is 9.53 Å². The molecule has 2 rings (SSSR count). The van der Waals surface area contributed by atoms with Crippen molar-refractivity contribution in [3.8, 4) is 0 Å². The summed E-state index contributed by atoms with van der Waals surface area (Å²) >= 11 is 0. The van der Waals surface area contributed by atoms with Gasteiger partial charge in [0.2, 0.25) is 0 Å². The lowest BCUT2D eigenvalue weighted by Crippen LogP contribution is -2.37. The quantitative estimate of drug-likeness (QED) is 0.596. The first-order chi connectivity index (χ1) is 5.53. The third kappa shape index (κ3) is 0.817. The summed E-state index contributed by atoms with van der Waals surface area (Å²) in [5.74, 6) is 0.811. The van der Waals surface area contributed by atoms with E-state index in [0.717, 1.165) is 12.8 Å². The highest BCUT2D eigenvalue weighted by Gasteiger charge is 2.67. The Morgan fingerprint density at radius 3 is 2.67 bits per heavy atom. The molecule has 0 aromatic rings. The van der Waals surface area contributed by atoms with Gasteiger partial charge in [0.1, 0.15) is 5.60 Å². The Bertz CT molecular complexity index is 232. The molecule has 0 saturated heterocycles. The van der Waals surface area contributed by atoms with E-state index >= 15 is 0 Å². The molecule has 68 valence electrons. The number of hydrogen-bond donors (Lipinski definition) is 0. The van der Waals surface area contributed by atoms with Gasteiger partial charge in [-0.25, -0.2) is 0 Å². The molecule has 2 saturated carbocycles. The summed E-state index contributed by atoms with van der Waals surface area (Å²) < 4.78 is 5.35. The summed E-state index contributed by atoms with van der Waals surface area (Å²) in [7, 11) is 1.67. The molecule has 12 heavy (non-hydrogen) atoms. The molecule has 0 amide bonds. The van der Waals surface area contributed by atoms with E-state index in [1.807, 2.05) is 0 Å². The summed E-state index contributed by atoms with van der Waals surface area (Å²) in [5.41, 5.74) is -0.0499. The van der Waals surface area contributed by atoms with E-state index in [2.05, 4.69) is 13.8 Å². The zero-order chi connectivity index (χ0) is 8.98. The van der Waals surface area contributed by atoms with E-state index in [1.165, 1.54) is 0 Å². The molecular weight excluding hydrogens is 152 g/mol. The van der Waals surface area contributed by atoms with Crippen LogP contribution in [0.25, 0.3) is 0 Å². The number of ketones is 1. The minimum absolute atomic E-state index is 0.309. The Morgan fingerprint density at radius 2 is 2.17 bits per heavy atom. The molecule has 2 aliphatic rings. The normalized spacial score (nSPS) is 43.9. The van der Waals surface area contributed by atoms with Gasteiger partial charge in [-0.3, -0.25) is 4.79 Å². The van der Waals surface area contributed by atoms with Gasteiger partial charge in [-0.2, -0.15) is 0 Å². The maximum Gasteiger partial charge on any atom is 0.164 e. The molecule has 2 fully saturated rings. The first-order valence-corrected chi connectivity index (χ1v) is 4.61. The average molecular weight is 168 g/mol. The lowest BCUT2D eigenvalue weighted by Gasteiger charge is -2.32. The molecule has 0 aromatic heterocycles. The second-order valence-electron chi connectivity index (χ2n) is 4.76. The number of methoxy groups -OCH3 is 1. The Kier molecular flexibility index (Phi) is 1.45. The number of rotatable bonds is 1. The lowest BCUT2D eigenvalue weighted by atomic mass is 9.75. The smallest absolute Gasteiger partial charge is 0.164 e. The molecule has 0 bridgehead atoms. The fourth-order valence-corrected chi connectivity index (χ4v) is 2.62. The summed E-state index contributed by atoms with van der Waals surface area (Å²) in [6, 6.07) is 0. The highest BCUT2D eigenvalue weighted by molar-refractivity contribution is 5.92. The molecule has 0 aromatic carbocycles. The Balaban J connectivity index is 2.25.